The van der Waals surface area contributed by atoms with Crippen LogP contribution in [-0.4, -0.2) is 80.8 Å². The Labute approximate surface area is 301 Å². The van der Waals surface area contributed by atoms with Crippen LogP contribution in [0.3, 0.4) is 0 Å². The highest BCUT2D eigenvalue weighted by molar-refractivity contribution is 5.75. The summed E-state index contributed by atoms with van der Waals surface area (Å²) in [6.07, 6.45) is 23.3. The molecule has 0 saturated heterocycles. The van der Waals surface area contributed by atoms with Crippen molar-refractivity contribution >= 4 is 11.9 Å². The molecule has 8 nitrogen and oxygen atoms in total. The van der Waals surface area contributed by atoms with Gasteiger partial charge in [0.05, 0.1) is 17.6 Å². The van der Waals surface area contributed by atoms with Gasteiger partial charge in [-0.3, -0.25) is 14.5 Å². The molecule has 0 rings (SSSR count). The van der Waals surface area contributed by atoms with E-state index in [-0.39, 0.29) is 24.9 Å². The molecule has 0 aromatic carbocycles. The fourth-order valence-electron chi connectivity index (χ4n) is 8.15. The fraction of sp³-hybridized carbons (Fsp3) is 0.951. The lowest BCUT2D eigenvalue weighted by Crippen LogP contribution is -2.45. The van der Waals surface area contributed by atoms with Crippen molar-refractivity contribution < 1.29 is 35.1 Å². The molecule has 0 heterocycles. The van der Waals surface area contributed by atoms with Crippen LogP contribution in [-0.2, 0) is 9.59 Å². The summed E-state index contributed by atoms with van der Waals surface area (Å²) in [5.74, 6) is -1.10. The van der Waals surface area contributed by atoms with Gasteiger partial charge in [-0.15, -0.1) is 0 Å². The van der Waals surface area contributed by atoms with Gasteiger partial charge in [-0.1, -0.05) is 143 Å². The predicted octanol–water partition coefficient (Wildman–Crippen LogP) is 9.61. The Balaban J connectivity index is 5.43. The van der Waals surface area contributed by atoms with E-state index in [9.17, 15) is 30.0 Å². The highest BCUT2D eigenvalue weighted by atomic mass is 16.4. The molecule has 0 amide bonds. The van der Waals surface area contributed by atoms with E-state index in [2.05, 4.69) is 27.7 Å². The van der Waals surface area contributed by atoms with E-state index < -0.39 is 29.6 Å². The minimum atomic E-state index is -0.796. The summed E-state index contributed by atoms with van der Waals surface area (Å²) in [6, 6.07) is 0. The Morgan fingerprint density at radius 1 is 0.571 bits per heavy atom. The Hall–Kier alpha value is -1.22. The largest absolute Gasteiger partial charge is 0.481 e. The summed E-state index contributed by atoms with van der Waals surface area (Å²) in [7, 11) is 0. The third kappa shape index (κ3) is 22.4. The van der Waals surface area contributed by atoms with Crippen LogP contribution in [0.4, 0.5) is 0 Å². The third-order valence-corrected chi connectivity index (χ3v) is 11.0. The van der Waals surface area contributed by atoms with Gasteiger partial charge in [0.1, 0.15) is 0 Å². The number of rotatable bonds is 37. The normalized spacial score (nSPS) is 15.6. The molecule has 0 fully saturated rings. The lowest BCUT2D eigenvalue weighted by molar-refractivity contribution is -0.160. The highest BCUT2D eigenvalue weighted by Gasteiger charge is 2.49. The van der Waals surface area contributed by atoms with Gasteiger partial charge < -0.3 is 25.5 Å². The molecule has 4 atom stereocenters. The molecule has 0 aromatic rings. The highest BCUT2D eigenvalue weighted by Crippen LogP contribution is 2.49. The summed E-state index contributed by atoms with van der Waals surface area (Å²) in [4.78, 5) is 26.2. The quantitative estimate of drug-likeness (QED) is 0.0404. The molecule has 49 heavy (non-hydrogen) atoms. The average molecular weight is 700 g/mol. The van der Waals surface area contributed by atoms with E-state index in [0.29, 0.717) is 51.7 Å². The van der Waals surface area contributed by atoms with Gasteiger partial charge in [-0.05, 0) is 56.8 Å². The molecule has 0 radical (unpaired) electrons. The lowest BCUT2D eigenvalue weighted by atomic mass is 9.59. The number of unbranched alkanes of at least 4 members (excludes halogenated alkanes) is 13. The fourth-order valence-corrected chi connectivity index (χ4v) is 8.15. The molecule has 292 valence electrons. The number of carboxylic acid groups (broad SMARTS) is 2. The Bertz CT molecular complexity index is 755. The molecular formula is C41H81NO7. The SMILES string of the molecule is CCCCCCCCC(CC)C(CCCCC(O)CN(CCCO)CC(O)CCCCCC(=O)O)(C(=O)O)C(CC)CCCCCCCC. The second-order valence-corrected chi connectivity index (χ2v) is 15.1. The summed E-state index contributed by atoms with van der Waals surface area (Å²) in [5.41, 5.74) is -0.733. The van der Waals surface area contributed by atoms with Crippen LogP contribution in [0.15, 0.2) is 0 Å². The lowest BCUT2D eigenvalue weighted by Gasteiger charge is -2.43. The van der Waals surface area contributed by atoms with Crippen molar-refractivity contribution in [2.24, 2.45) is 17.3 Å². The Morgan fingerprint density at radius 3 is 1.43 bits per heavy atom. The van der Waals surface area contributed by atoms with Crippen LogP contribution in [0.5, 0.6) is 0 Å². The minimum Gasteiger partial charge on any atom is -0.481 e. The van der Waals surface area contributed by atoms with E-state index in [1.54, 1.807) is 0 Å². The molecule has 0 bridgehead atoms. The summed E-state index contributed by atoms with van der Waals surface area (Å²) in [6.45, 7) is 10.3. The van der Waals surface area contributed by atoms with Crippen LogP contribution in [0.2, 0.25) is 0 Å². The second-order valence-electron chi connectivity index (χ2n) is 15.1. The van der Waals surface area contributed by atoms with E-state index >= 15 is 0 Å². The van der Waals surface area contributed by atoms with E-state index in [1.165, 1.54) is 64.2 Å². The van der Waals surface area contributed by atoms with Crippen molar-refractivity contribution in [1.29, 1.82) is 0 Å². The first-order chi connectivity index (χ1) is 23.6. The Kier molecular flexibility index (Phi) is 30.7. The van der Waals surface area contributed by atoms with Gasteiger partial charge >= 0.3 is 11.9 Å². The van der Waals surface area contributed by atoms with E-state index in [0.717, 1.165) is 64.2 Å². The first kappa shape index (κ1) is 47.8. The molecular weight excluding hydrogens is 618 g/mol. The van der Waals surface area contributed by atoms with Crippen molar-refractivity contribution in [2.45, 2.75) is 207 Å². The zero-order chi connectivity index (χ0) is 36.8. The van der Waals surface area contributed by atoms with Crippen LogP contribution in [0, 0.1) is 17.3 Å². The molecule has 0 saturated carbocycles. The molecule has 4 unspecified atom stereocenters. The summed E-state index contributed by atoms with van der Waals surface area (Å²) < 4.78 is 0. The van der Waals surface area contributed by atoms with Crippen LogP contribution >= 0.6 is 0 Å². The minimum absolute atomic E-state index is 0.0455. The second kappa shape index (κ2) is 31.5. The van der Waals surface area contributed by atoms with Crippen LogP contribution < -0.4 is 0 Å². The van der Waals surface area contributed by atoms with Crippen molar-refractivity contribution in [2.75, 3.05) is 26.2 Å². The number of aliphatic hydroxyl groups is 3. The number of carbonyl (C=O) groups is 2. The predicted molar refractivity (Wildman–Crippen MR) is 203 cm³/mol. The summed E-state index contributed by atoms with van der Waals surface area (Å²) >= 11 is 0. The van der Waals surface area contributed by atoms with E-state index in [4.69, 9.17) is 5.11 Å². The molecule has 5 N–H and O–H groups in total. The number of nitrogens with zero attached hydrogens (tertiary/aromatic N) is 1. The van der Waals surface area contributed by atoms with Gasteiger partial charge in [-0.2, -0.15) is 0 Å². The first-order valence-electron chi connectivity index (χ1n) is 20.8. The van der Waals surface area contributed by atoms with Crippen molar-refractivity contribution in [3.63, 3.8) is 0 Å². The zero-order valence-electron chi connectivity index (χ0n) is 32.5. The Morgan fingerprint density at radius 2 is 1.00 bits per heavy atom. The molecule has 0 spiro atoms. The van der Waals surface area contributed by atoms with Gasteiger partial charge in [0.15, 0.2) is 0 Å². The molecule has 0 aliphatic rings. The smallest absolute Gasteiger partial charge is 0.310 e. The van der Waals surface area contributed by atoms with Crippen molar-refractivity contribution in [3.05, 3.63) is 0 Å². The molecule has 8 heteroatoms. The maximum absolute atomic E-state index is 13.5. The van der Waals surface area contributed by atoms with Crippen molar-refractivity contribution in [3.8, 4) is 0 Å². The first-order valence-corrected chi connectivity index (χ1v) is 20.8. The number of hydrogen-bond acceptors (Lipinski definition) is 6. The number of carboxylic acids is 2. The average Bonchev–Trinajstić information content (AvgIpc) is 3.07. The van der Waals surface area contributed by atoms with Gasteiger partial charge in [0.2, 0.25) is 0 Å². The monoisotopic (exact) mass is 700 g/mol. The maximum Gasteiger partial charge on any atom is 0.310 e. The van der Waals surface area contributed by atoms with E-state index in [1.807, 2.05) is 4.90 Å². The molecule has 0 aromatic heterocycles. The van der Waals surface area contributed by atoms with Gasteiger partial charge in [0, 0.05) is 32.7 Å². The third-order valence-electron chi connectivity index (χ3n) is 11.0. The maximum atomic E-state index is 13.5. The van der Waals surface area contributed by atoms with Gasteiger partial charge in [0.25, 0.3) is 0 Å². The summed E-state index contributed by atoms with van der Waals surface area (Å²) in [5, 5.41) is 50.9. The van der Waals surface area contributed by atoms with Crippen molar-refractivity contribution in [1.82, 2.24) is 4.90 Å². The van der Waals surface area contributed by atoms with Crippen LogP contribution in [0.25, 0.3) is 0 Å². The number of aliphatic carboxylic acids is 2. The number of aliphatic hydroxyl groups excluding tert-OH is 3. The topological polar surface area (TPSA) is 139 Å². The number of hydrogen-bond donors (Lipinski definition) is 5. The zero-order valence-corrected chi connectivity index (χ0v) is 32.5. The van der Waals surface area contributed by atoms with Gasteiger partial charge in [-0.25, -0.2) is 0 Å². The molecule has 0 aliphatic heterocycles. The molecule has 0 aliphatic carbocycles. The van der Waals surface area contributed by atoms with Crippen LogP contribution in [0.1, 0.15) is 195 Å². The standard InChI is InChI=1S/C41H81NO7/c1-5-9-11-13-15-18-25-35(7-3)41(40(48)49,36(8-4)26-19-16-14-12-10-6-2)30-23-22-28-38(45)34-42(31-24-32-43)33-37(44)27-20-17-21-29-39(46)47/h35-38,43-45H,5-34H2,1-4H3,(H,46,47)(H,48,49).